The van der Waals surface area contributed by atoms with E-state index in [4.69, 9.17) is 5.26 Å². The molecule has 1 aromatic heterocycles. The van der Waals surface area contributed by atoms with Gasteiger partial charge in [-0.2, -0.15) is 5.26 Å². The maximum Gasteiger partial charge on any atom is 0.140 e. The third kappa shape index (κ3) is 3.66. The molecule has 0 fully saturated rings. The molecule has 0 amide bonds. The summed E-state index contributed by atoms with van der Waals surface area (Å²) in [5, 5.41) is 21.5. The van der Waals surface area contributed by atoms with Crippen molar-refractivity contribution in [2.45, 2.75) is 26.0 Å². The fraction of sp³-hybridized carbons (Fsp3) is 0.455. The van der Waals surface area contributed by atoms with Crippen LogP contribution >= 0.6 is 0 Å². The molecule has 1 unspecified atom stereocenters. The lowest BCUT2D eigenvalue weighted by Crippen LogP contribution is -2.28. The smallest absolute Gasteiger partial charge is 0.140 e. The van der Waals surface area contributed by atoms with E-state index in [0.717, 1.165) is 0 Å². The van der Waals surface area contributed by atoms with Crippen LogP contribution in [0, 0.1) is 11.3 Å². The molecule has 4 nitrogen and oxygen atoms in total. The minimum atomic E-state index is -0.666. The summed E-state index contributed by atoms with van der Waals surface area (Å²) < 4.78 is 0. The normalized spacial score (nSPS) is 12.5. The summed E-state index contributed by atoms with van der Waals surface area (Å²) in [4.78, 5) is 4.02. The Labute approximate surface area is 89.6 Å². The van der Waals surface area contributed by atoms with Crippen LogP contribution in [0.3, 0.4) is 0 Å². The number of nitriles is 1. The Bertz CT molecular complexity index is 357. The number of nitrogens with zero attached hydrogens (tertiary/aromatic N) is 2. The second kappa shape index (κ2) is 5.44. The summed E-state index contributed by atoms with van der Waals surface area (Å²) in [5.74, 6) is 0. The molecule has 1 rings (SSSR count). The van der Waals surface area contributed by atoms with Crippen LogP contribution in [0.25, 0.3) is 0 Å². The van der Waals surface area contributed by atoms with Gasteiger partial charge >= 0.3 is 0 Å². The van der Waals surface area contributed by atoms with E-state index >= 15 is 0 Å². The first kappa shape index (κ1) is 11.6. The number of hydrogen-bond acceptors (Lipinski definition) is 4. The van der Waals surface area contributed by atoms with Crippen LogP contribution in [0.1, 0.15) is 31.3 Å². The highest BCUT2D eigenvalue weighted by Crippen LogP contribution is 2.09. The fourth-order valence-corrected chi connectivity index (χ4v) is 1.15. The molecule has 15 heavy (non-hydrogen) atoms. The van der Waals surface area contributed by atoms with Gasteiger partial charge in [-0.1, -0.05) is 19.9 Å². The maximum absolute atomic E-state index is 9.75. The Hall–Kier alpha value is -1.44. The molecule has 1 aromatic rings. The van der Waals surface area contributed by atoms with Crippen LogP contribution < -0.4 is 5.32 Å². The van der Waals surface area contributed by atoms with E-state index in [1.165, 1.54) is 0 Å². The van der Waals surface area contributed by atoms with Crippen molar-refractivity contribution in [1.29, 1.82) is 5.26 Å². The number of pyridine rings is 1. The number of aliphatic hydroxyl groups excluding tert-OH is 1. The monoisotopic (exact) mass is 205 g/mol. The van der Waals surface area contributed by atoms with Gasteiger partial charge in [-0.25, -0.2) is 4.98 Å². The summed E-state index contributed by atoms with van der Waals surface area (Å²) >= 11 is 0. The molecule has 0 aliphatic heterocycles. The molecule has 0 saturated heterocycles. The molecular formula is C11H15N3O. The number of nitrogens with one attached hydrogen (secondary N) is 1. The van der Waals surface area contributed by atoms with Crippen LogP contribution in [-0.2, 0) is 0 Å². The first-order valence-corrected chi connectivity index (χ1v) is 4.92. The molecule has 1 atom stereocenters. The van der Waals surface area contributed by atoms with E-state index in [9.17, 15) is 5.11 Å². The van der Waals surface area contributed by atoms with Gasteiger partial charge in [-0.15, -0.1) is 0 Å². The van der Waals surface area contributed by atoms with Crippen molar-refractivity contribution in [3.8, 4) is 6.07 Å². The molecule has 4 heteroatoms. The second-order valence-corrected chi connectivity index (χ2v) is 3.64. The van der Waals surface area contributed by atoms with E-state index in [2.05, 4.69) is 10.3 Å². The highest BCUT2D eigenvalue weighted by Gasteiger charge is 2.09. The fourth-order valence-electron chi connectivity index (χ4n) is 1.15. The molecule has 0 aromatic carbocycles. The highest BCUT2D eigenvalue weighted by atomic mass is 16.3. The standard InChI is InChI=1S/C11H15N3O/c1-8(2)13-7-11(15)10-5-3-4-9(6-12)14-10/h3-5,8,11,13,15H,7H2,1-2H3. The van der Waals surface area contributed by atoms with Crippen LogP contribution in [0.5, 0.6) is 0 Å². The van der Waals surface area contributed by atoms with Gasteiger partial charge < -0.3 is 10.4 Å². The average Bonchev–Trinajstić information content (AvgIpc) is 2.26. The summed E-state index contributed by atoms with van der Waals surface area (Å²) in [6.07, 6.45) is -0.666. The van der Waals surface area contributed by atoms with Crippen molar-refractivity contribution in [2.24, 2.45) is 0 Å². The zero-order chi connectivity index (χ0) is 11.3. The zero-order valence-corrected chi connectivity index (χ0v) is 8.94. The summed E-state index contributed by atoms with van der Waals surface area (Å²) in [6.45, 7) is 4.46. The van der Waals surface area contributed by atoms with Gasteiger partial charge in [-0.3, -0.25) is 0 Å². The van der Waals surface area contributed by atoms with Crippen LogP contribution in [0.4, 0.5) is 0 Å². The number of aliphatic hydroxyl groups is 1. The van der Waals surface area contributed by atoms with E-state index in [1.54, 1.807) is 18.2 Å². The van der Waals surface area contributed by atoms with Crippen LogP contribution in [0.2, 0.25) is 0 Å². The molecule has 0 spiro atoms. The Kier molecular flexibility index (Phi) is 4.22. The lowest BCUT2D eigenvalue weighted by molar-refractivity contribution is 0.167. The second-order valence-electron chi connectivity index (χ2n) is 3.64. The Morgan fingerprint density at radius 2 is 2.27 bits per heavy atom. The van der Waals surface area contributed by atoms with Crippen molar-refractivity contribution >= 4 is 0 Å². The van der Waals surface area contributed by atoms with Gasteiger partial charge in [0.15, 0.2) is 0 Å². The number of rotatable bonds is 4. The largest absolute Gasteiger partial charge is 0.385 e. The van der Waals surface area contributed by atoms with Crippen molar-refractivity contribution in [1.82, 2.24) is 10.3 Å². The number of hydrogen-bond donors (Lipinski definition) is 2. The third-order valence-corrected chi connectivity index (χ3v) is 1.95. The molecule has 2 N–H and O–H groups in total. The lowest BCUT2D eigenvalue weighted by Gasteiger charge is -2.13. The maximum atomic E-state index is 9.75. The summed E-state index contributed by atoms with van der Waals surface area (Å²) in [5.41, 5.74) is 0.860. The average molecular weight is 205 g/mol. The molecule has 0 radical (unpaired) electrons. The van der Waals surface area contributed by atoms with Gasteiger partial charge in [0.25, 0.3) is 0 Å². The predicted octanol–water partition coefficient (Wildman–Crippen LogP) is 0.985. The van der Waals surface area contributed by atoms with Crippen molar-refractivity contribution in [2.75, 3.05) is 6.54 Å². The highest BCUT2D eigenvalue weighted by molar-refractivity contribution is 5.23. The van der Waals surface area contributed by atoms with Gasteiger partial charge in [0, 0.05) is 12.6 Å². The number of aromatic nitrogens is 1. The predicted molar refractivity (Wildman–Crippen MR) is 57.1 cm³/mol. The Morgan fingerprint density at radius 1 is 1.53 bits per heavy atom. The van der Waals surface area contributed by atoms with Crippen molar-refractivity contribution in [3.05, 3.63) is 29.6 Å². The first-order valence-electron chi connectivity index (χ1n) is 4.92. The molecule has 0 saturated carbocycles. The van der Waals surface area contributed by atoms with Gasteiger partial charge in [0.05, 0.1) is 5.69 Å². The molecule has 0 aliphatic carbocycles. The topological polar surface area (TPSA) is 68.9 Å². The molecular weight excluding hydrogens is 190 g/mol. The van der Waals surface area contributed by atoms with E-state index in [1.807, 2.05) is 19.9 Å². The minimum absolute atomic E-state index is 0.318. The molecule has 1 heterocycles. The minimum Gasteiger partial charge on any atom is -0.385 e. The lowest BCUT2D eigenvalue weighted by atomic mass is 10.2. The third-order valence-electron chi connectivity index (χ3n) is 1.95. The van der Waals surface area contributed by atoms with Crippen LogP contribution in [0.15, 0.2) is 18.2 Å². The zero-order valence-electron chi connectivity index (χ0n) is 8.94. The van der Waals surface area contributed by atoms with Crippen molar-refractivity contribution in [3.63, 3.8) is 0 Å². The van der Waals surface area contributed by atoms with Gasteiger partial charge in [0.1, 0.15) is 17.9 Å². The summed E-state index contributed by atoms with van der Waals surface area (Å²) in [6, 6.07) is 7.32. The van der Waals surface area contributed by atoms with Gasteiger partial charge in [-0.05, 0) is 12.1 Å². The molecule has 0 aliphatic rings. The first-order chi connectivity index (χ1) is 7.13. The summed E-state index contributed by atoms with van der Waals surface area (Å²) in [7, 11) is 0. The molecule has 0 bridgehead atoms. The van der Waals surface area contributed by atoms with E-state index in [0.29, 0.717) is 24.0 Å². The SMILES string of the molecule is CC(C)NCC(O)c1cccc(C#N)n1. The van der Waals surface area contributed by atoms with Crippen molar-refractivity contribution < 1.29 is 5.11 Å². The van der Waals surface area contributed by atoms with E-state index in [-0.39, 0.29) is 0 Å². The van der Waals surface area contributed by atoms with E-state index < -0.39 is 6.10 Å². The van der Waals surface area contributed by atoms with Gasteiger partial charge in [0.2, 0.25) is 0 Å². The Balaban J connectivity index is 2.65. The quantitative estimate of drug-likeness (QED) is 0.769. The Morgan fingerprint density at radius 3 is 2.87 bits per heavy atom. The molecule has 80 valence electrons. The van der Waals surface area contributed by atoms with Crippen LogP contribution in [-0.4, -0.2) is 22.7 Å².